The summed E-state index contributed by atoms with van der Waals surface area (Å²) in [4.78, 5) is 12.9. The van der Waals surface area contributed by atoms with E-state index < -0.39 is 0 Å². The molecule has 30 heavy (non-hydrogen) atoms. The Balaban J connectivity index is 1.28. The van der Waals surface area contributed by atoms with Crippen LogP contribution in [0.3, 0.4) is 0 Å². The monoisotopic (exact) mass is 405 g/mol. The lowest BCUT2D eigenvalue weighted by atomic mass is 9.77. The second-order valence-electron chi connectivity index (χ2n) is 9.10. The van der Waals surface area contributed by atoms with Gasteiger partial charge in [-0.15, -0.1) is 0 Å². The Morgan fingerprint density at radius 2 is 1.83 bits per heavy atom. The standard InChI is InChI=1S/C26H31NO3/c28-25(18-29-23-14-8-10-19-9-2-3-11-20(19)23)27-22-17-26(15-6-1-7-16-26)30-24-13-5-4-12-21(22)24/h4-5,8,10,12-14,22H,1-3,6-7,9,11,15-18H2,(H,27,28)/t22-/m1/s1. The highest BCUT2D eigenvalue weighted by molar-refractivity contribution is 5.78. The molecule has 3 aliphatic rings. The first-order valence-electron chi connectivity index (χ1n) is 11.5. The maximum absolute atomic E-state index is 12.9. The van der Waals surface area contributed by atoms with Crippen molar-refractivity contribution < 1.29 is 14.3 Å². The lowest BCUT2D eigenvalue weighted by molar-refractivity contribution is -0.124. The third-order valence-electron chi connectivity index (χ3n) is 7.01. The summed E-state index contributed by atoms with van der Waals surface area (Å²) >= 11 is 0. The Hall–Kier alpha value is -2.49. The minimum Gasteiger partial charge on any atom is -0.487 e. The van der Waals surface area contributed by atoms with Gasteiger partial charge >= 0.3 is 0 Å². The normalized spacial score (nSPS) is 21.8. The molecule has 1 aliphatic heterocycles. The Kier molecular flexibility index (Phi) is 5.41. The number of benzene rings is 2. The van der Waals surface area contributed by atoms with Crippen molar-refractivity contribution in [1.82, 2.24) is 5.32 Å². The number of hydrogen-bond donors (Lipinski definition) is 1. The van der Waals surface area contributed by atoms with Gasteiger partial charge in [0.05, 0.1) is 6.04 Å². The van der Waals surface area contributed by atoms with Gasteiger partial charge < -0.3 is 14.8 Å². The van der Waals surface area contributed by atoms with Gasteiger partial charge in [0.2, 0.25) is 0 Å². The van der Waals surface area contributed by atoms with Crippen LogP contribution in [0.4, 0.5) is 0 Å². The van der Waals surface area contributed by atoms with Crippen LogP contribution in [0.2, 0.25) is 0 Å². The van der Waals surface area contributed by atoms with Crippen LogP contribution in [-0.2, 0) is 17.6 Å². The zero-order chi connectivity index (χ0) is 20.4. The maximum Gasteiger partial charge on any atom is 0.258 e. The van der Waals surface area contributed by atoms with Crippen LogP contribution in [0.1, 0.15) is 74.1 Å². The minimum absolute atomic E-state index is 0.0196. The van der Waals surface area contributed by atoms with E-state index >= 15 is 0 Å². The summed E-state index contributed by atoms with van der Waals surface area (Å²) in [5.74, 6) is 1.74. The van der Waals surface area contributed by atoms with Crippen molar-refractivity contribution in [2.75, 3.05) is 6.61 Å². The summed E-state index contributed by atoms with van der Waals surface area (Å²) < 4.78 is 12.5. The first kappa shape index (κ1) is 19.5. The van der Waals surface area contributed by atoms with E-state index in [0.717, 1.165) is 49.2 Å². The summed E-state index contributed by atoms with van der Waals surface area (Å²) in [6, 6.07) is 14.4. The van der Waals surface area contributed by atoms with Crippen LogP contribution in [0.5, 0.6) is 11.5 Å². The van der Waals surface area contributed by atoms with Crippen LogP contribution in [0.25, 0.3) is 0 Å². The van der Waals surface area contributed by atoms with Gasteiger partial charge in [-0.2, -0.15) is 0 Å². The van der Waals surface area contributed by atoms with E-state index in [1.807, 2.05) is 30.3 Å². The predicted octanol–water partition coefficient (Wildman–Crippen LogP) is 5.29. The van der Waals surface area contributed by atoms with Crippen molar-refractivity contribution in [3.05, 3.63) is 59.2 Å². The fraction of sp³-hybridized carbons (Fsp3) is 0.500. The second kappa shape index (κ2) is 8.33. The number of fused-ring (bicyclic) bond motifs is 2. The van der Waals surface area contributed by atoms with E-state index in [1.54, 1.807) is 0 Å². The summed E-state index contributed by atoms with van der Waals surface area (Å²) in [7, 11) is 0. The van der Waals surface area contributed by atoms with Gasteiger partial charge in [0.15, 0.2) is 6.61 Å². The molecule has 1 saturated carbocycles. The van der Waals surface area contributed by atoms with Gasteiger partial charge in [-0.25, -0.2) is 0 Å². The van der Waals surface area contributed by atoms with E-state index in [0.29, 0.717) is 0 Å². The zero-order valence-electron chi connectivity index (χ0n) is 17.6. The van der Waals surface area contributed by atoms with Gasteiger partial charge in [0, 0.05) is 12.0 Å². The van der Waals surface area contributed by atoms with Crippen molar-refractivity contribution in [2.24, 2.45) is 0 Å². The molecule has 1 spiro atoms. The van der Waals surface area contributed by atoms with Gasteiger partial charge in [0.1, 0.15) is 17.1 Å². The third kappa shape index (κ3) is 3.92. The molecule has 0 bridgehead atoms. The van der Waals surface area contributed by atoms with Crippen LogP contribution in [0, 0.1) is 0 Å². The van der Waals surface area contributed by atoms with E-state index in [4.69, 9.17) is 9.47 Å². The molecule has 4 nitrogen and oxygen atoms in total. The number of aryl methyl sites for hydroxylation is 1. The summed E-state index contributed by atoms with van der Waals surface area (Å²) in [5.41, 5.74) is 3.61. The van der Waals surface area contributed by atoms with E-state index in [9.17, 15) is 4.79 Å². The Morgan fingerprint density at radius 1 is 1.00 bits per heavy atom. The van der Waals surface area contributed by atoms with E-state index in [2.05, 4.69) is 17.4 Å². The first-order chi connectivity index (χ1) is 14.7. The smallest absolute Gasteiger partial charge is 0.258 e. The van der Waals surface area contributed by atoms with Crippen molar-refractivity contribution in [3.63, 3.8) is 0 Å². The van der Waals surface area contributed by atoms with Gasteiger partial charge in [-0.05, 0) is 74.6 Å². The molecule has 0 saturated heterocycles. The van der Waals surface area contributed by atoms with E-state index in [1.165, 1.54) is 43.2 Å². The fourth-order valence-corrected chi connectivity index (χ4v) is 5.51. The Morgan fingerprint density at radius 3 is 2.73 bits per heavy atom. The molecule has 2 aromatic carbocycles. The third-order valence-corrected chi connectivity index (χ3v) is 7.01. The lowest BCUT2D eigenvalue weighted by Gasteiger charge is -2.44. The molecule has 158 valence electrons. The van der Waals surface area contributed by atoms with Gasteiger partial charge in [-0.1, -0.05) is 36.8 Å². The average Bonchev–Trinajstić information content (AvgIpc) is 2.78. The number of rotatable bonds is 4. The predicted molar refractivity (Wildman–Crippen MR) is 117 cm³/mol. The highest BCUT2D eigenvalue weighted by Crippen LogP contribution is 2.46. The maximum atomic E-state index is 12.9. The van der Waals surface area contributed by atoms with Crippen LogP contribution in [0.15, 0.2) is 42.5 Å². The SMILES string of the molecule is O=C(COc1cccc2c1CCCC2)N[C@@H]1CC2(CCCCC2)Oc2ccccc21. The molecule has 2 aromatic rings. The Bertz CT molecular complexity index is 916. The lowest BCUT2D eigenvalue weighted by Crippen LogP contribution is -2.47. The zero-order valence-corrected chi connectivity index (χ0v) is 17.6. The molecule has 0 unspecified atom stereocenters. The van der Waals surface area contributed by atoms with Crippen LogP contribution >= 0.6 is 0 Å². The minimum atomic E-state index is -0.135. The summed E-state index contributed by atoms with van der Waals surface area (Å²) in [5, 5.41) is 3.25. The van der Waals surface area contributed by atoms with E-state index in [-0.39, 0.29) is 24.2 Å². The molecule has 2 aliphatic carbocycles. The number of carbonyl (C=O) groups is 1. The fourth-order valence-electron chi connectivity index (χ4n) is 5.51. The molecule has 1 atom stereocenters. The van der Waals surface area contributed by atoms with Crippen LogP contribution in [-0.4, -0.2) is 18.1 Å². The summed E-state index contributed by atoms with van der Waals surface area (Å²) in [6.07, 6.45) is 11.2. The molecule has 4 heteroatoms. The molecule has 1 fully saturated rings. The summed E-state index contributed by atoms with van der Waals surface area (Å²) in [6.45, 7) is 0.0585. The molecule has 0 radical (unpaired) electrons. The average molecular weight is 406 g/mol. The topological polar surface area (TPSA) is 47.6 Å². The highest BCUT2D eigenvalue weighted by atomic mass is 16.5. The number of amides is 1. The second-order valence-corrected chi connectivity index (χ2v) is 9.10. The van der Waals surface area contributed by atoms with Crippen molar-refractivity contribution in [3.8, 4) is 11.5 Å². The molecular formula is C26H31NO3. The number of nitrogens with one attached hydrogen (secondary N) is 1. The van der Waals surface area contributed by atoms with Gasteiger partial charge in [0.25, 0.3) is 5.91 Å². The number of para-hydroxylation sites is 1. The number of ether oxygens (including phenoxy) is 2. The Labute approximate surface area is 179 Å². The molecule has 1 heterocycles. The van der Waals surface area contributed by atoms with Crippen molar-refractivity contribution in [2.45, 2.75) is 75.9 Å². The van der Waals surface area contributed by atoms with Gasteiger partial charge in [-0.3, -0.25) is 4.79 Å². The largest absolute Gasteiger partial charge is 0.487 e. The van der Waals surface area contributed by atoms with Crippen LogP contribution < -0.4 is 14.8 Å². The van der Waals surface area contributed by atoms with Crippen molar-refractivity contribution in [1.29, 1.82) is 0 Å². The first-order valence-corrected chi connectivity index (χ1v) is 11.5. The number of hydrogen-bond acceptors (Lipinski definition) is 3. The number of carbonyl (C=O) groups excluding carboxylic acids is 1. The molecule has 1 amide bonds. The molecule has 5 rings (SSSR count). The van der Waals surface area contributed by atoms with Crippen molar-refractivity contribution >= 4 is 5.91 Å². The molecule has 0 aromatic heterocycles. The molecule has 1 N–H and O–H groups in total. The molecular weight excluding hydrogens is 374 g/mol. The highest BCUT2D eigenvalue weighted by Gasteiger charge is 2.42. The quantitative estimate of drug-likeness (QED) is 0.752.